The Morgan fingerprint density at radius 1 is 1.37 bits per heavy atom. The van der Waals surface area contributed by atoms with Gasteiger partial charge in [-0.05, 0) is 6.92 Å². The number of anilines is 1. The number of nitrogens with zero attached hydrogens (tertiary/aromatic N) is 1. The van der Waals surface area contributed by atoms with E-state index < -0.39 is 5.41 Å². The lowest BCUT2D eigenvalue weighted by Gasteiger charge is -2.15. The highest BCUT2D eigenvalue weighted by Gasteiger charge is 2.22. The van der Waals surface area contributed by atoms with Crippen molar-refractivity contribution in [3.63, 3.8) is 0 Å². The summed E-state index contributed by atoms with van der Waals surface area (Å²) in [7, 11) is 0. The molecule has 0 fully saturated rings. The van der Waals surface area contributed by atoms with Crippen LogP contribution in [0.1, 0.15) is 38.3 Å². The first-order valence-corrected chi connectivity index (χ1v) is 6.93. The second-order valence-corrected chi connectivity index (χ2v) is 6.52. The van der Waals surface area contributed by atoms with E-state index in [4.69, 9.17) is 4.74 Å². The largest absolute Gasteiger partial charge is 0.465 e. The zero-order chi connectivity index (χ0) is 14.6. The van der Waals surface area contributed by atoms with E-state index in [1.807, 2.05) is 27.7 Å². The highest BCUT2D eigenvalue weighted by molar-refractivity contribution is 7.15. The second-order valence-electron chi connectivity index (χ2n) is 5.32. The van der Waals surface area contributed by atoms with Crippen LogP contribution in [0.2, 0.25) is 0 Å². The molecule has 6 heteroatoms. The van der Waals surface area contributed by atoms with Crippen molar-refractivity contribution in [3.8, 4) is 0 Å². The van der Waals surface area contributed by atoms with Gasteiger partial charge in [0.25, 0.3) is 0 Å². The summed E-state index contributed by atoms with van der Waals surface area (Å²) in [6.45, 7) is 9.18. The molecule has 0 unspecified atom stereocenters. The molecule has 1 N–H and O–H groups in total. The van der Waals surface area contributed by atoms with Crippen LogP contribution >= 0.6 is 11.3 Å². The van der Waals surface area contributed by atoms with Gasteiger partial charge >= 0.3 is 5.97 Å². The molecule has 19 heavy (non-hydrogen) atoms. The molecule has 1 aromatic heterocycles. The van der Waals surface area contributed by atoms with Crippen molar-refractivity contribution < 1.29 is 14.3 Å². The van der Waals surface area contributed by atoms with Crippen LogP contribution in [0.15, 0.2) is 0 Å². The van der Waals surface area contributed by atoms with Crippen LogP contribution in [-0.2, 0) is 20.7 Å². The first kappa shape index (κ1) is 15.6. The van der Waals surface area contributed by atoms with Gasteiger partial charge in [0, 0.05) is 23.6 Å². The number of amides is 1. The smallest absolute Gasteiger partial charge is 0.302 e. The molecule has 106 valence electrons. The van der Waals surface area contributed by atoms with E-state index >= 15 is 0 Å². The van der Waals surface area contributed by atoms with Crippen LogP contribution in [0.25, 0.3) is 0 Å². The van der Waals surface area contributed by atoms with Gasteiger partial charge in [0.15, 0.2) is 5.13 Å². The number of carbonyl (C=O) groups excluding carboxylic acids is 2. The predicted molar refractivity (Wildman–Crippen MR) is 75.3 cm³/mol. The molecule has 0 bridgehead atoms. The number of carbonyl (C=O) groups is 2. The van der Waals surface area contributed by atoms with Crippen molar-refractivity contribution in [1.82, 2.24) is 4.98 Å². The zero-order valence-electron chi connectivity index (χ0n) is 12.0. The highest BCUT2D eigenvalue weighted by Crippen LogP contribution is 2.24. The maximum absolute atomic E-state index is 11.8. The normalized spacial score (nSPS) is 11.2. The third kappa shape index (κ3) is 4.98. The number of thiazole rings is 1. The Kier molecular flexibility index (Phi) is 5.05. The number of rotatable bonds is 4. The minimum atomic E-state index is -0.447. The molecule has 0 saturated heterocycles. The lowest BCUT2D eigenvalue weighted by atomic mass is 9.96. The van der Waals surface area contributed by atoms with E-state index in [9.17, 15) is 9.59 Å². The Morgan fingerprint density at radius 3 is 2.53 bits per heavy atom. The molecule has 0 aromatic carbocycles. The van der Waals surface area contributed by atoms with Crippen LogP contribution in [0, 0.1) is 12.3 Å². The topological polar surface area (TPSA) is 68.3 Å². The van der Waals surface area contributed by atoms with Gasteiger partial charge in [-0.2, -0.15) is 0 Å². The van der Waals surface area contributed by atoms with Gasteiger partial charge in [0.2, 0.25) is 5.91 Å². The van der Waals surface area contributed by atoms with Gasteiger partial charge in [0.05, 0.1) is 12.3 Å². The van der Waals surface area contributed by atoms with Gasteiger partial charge in [-0.25, -0.2) is 4.98 Å². The van der Waals surface area contributed by atoms with Gasteiger partial charge < -0.3 is 10.1 Å². The van der Waals surface area contributed by atoms with Crippen LogP contribution in [0.5, 0.6) is 0 Å². The van der Waals surface area contributed by atoms with Gasteiger partial charge in [-0.3, -0.25) is 9.59 Å². The van der Waals surface area contributed by atoms with E-state index in [0.717, 1.165) is 10.6 Å². The monoisotopic (exact) mass is 284 g/mol. The third-order valence-electron chi connectivity index (χ3n) is 2.44. The Balaban J connectivity index is 2.63. The van der Waals surface area contributed by atoms with Gasteiger partial charge in [-0.15, -0.1) is 11.3 Å². The molecule has 0 aliphatic heterocycles. The van der Waals surface area contributed by atoms with E-state index in [2.05, 4.69) is 10.3 Å². The Bertz CT molecular complexity index is 475. The summed E-state index contributed by atoms with van der Waals surface area (Å²) in [5.74, 6) is -0.359. The minimum absolute atomic E-state index is 0.0622. The number of aromatic nitrogens is 1. The lowest BCUT2D eigenvalue weighted by molar-refractivity contribution is -0.140. The standard InChI is InChI=1S/C13H20N2O3S/c1-8-10(6-7-18-9(2)16)14-12(19-8)15-11(17)13(3,4)5/h6-7H2,1-5H3,(H,14,15,17). The molecule has 0 spiro atoms. The molecule has 0 aliphatic carbocycles. The summed E-state index contributed by atoms with van der Waals surface area (Å²) in [5, 5.41) is 3.40. The van der Waals surface area contributed by atoms with E-state index in [1.54, 1.807) is 0 Å². The number of esters is 1. The van der Waals surface area contributed by atoms with Crippen molar-refractivity contribution in [3.05, 3.63) is 10.6 Å². The molecule has 1 heterocycles. The van der Waals surface area contributed by atoms with Crippen molar-refractivity contribution in [2.24, 2.45) is 5.41 Å². The molecule has 5 nitrogen and oxygen atoms in total. The van der Waals surface area contributed by atoms with E-state index in [-0.39, 0.29) is 11.9 Å². The van der Waals surface area contributed by atoms with Gasteiger partial charge in [-0.1, -0.05) is 20.8 Å². The summed E-state index contributed by atoms with van der Waals surface area (Å²) in [6, 6.07) is 0. The Morgan fingerprint density at radius 2 is 2.00 bits per heavy atom. The van der Waals surface area contributed by atoms with Crippen molar-refractivity contribution in [2.75, 3.05) is 11.9 Å². The number of ether oxygens (including phenoxy) is 1. The summed E-state index contributed by atoms with van der Waals surface area (Å²) in [5.41, 5.74) is 0.410. The fourth-order valence-corrected chi connectivity index (χ4v) is 2.14. The maximum atomic E-state index is 11.8. The Hall–Kier alpha value is -1.43. The fraction of sp³-hybridized carbons (Fsp3) is 0.615. The molecule has 1 aromatic rings. The SMILES string of the molecule is CC(=O)OCCc1nc(NC(=O)C(C)(C)C)sc1C. The minimum Gasteiger partial charge on any atom is -0.465 e. The lowest BCUT2D eigenvalue weighted by Crippen LogP contribution is -2.27. The average Bonchev–Trinajstić information content (AvgIpc) is 2.57. The van der Waals surface area contributed by atoms with Crippen molar-refractivity contribution in [2.45, 2.75) is 41.0 Å². The molecule has 0 atom stereocenters. The number of aryl methyl sites for hydroxylation is 1. The first-order valence-electron chi connectivity index (χ1n) is 6.11. The number of hydrogen-bond donors (Lipinski definition) is 1. The molecule has 0 radical (unpaired) electrons. The van der Waals surface area contributed by atoms with Crippen LogP contribution < -0.4 is 5.32 Å². The summed E-state index contributed by atoms with van der Waals surface area (Å²) in [4.78, 5) is 27.9. The quantitative estimate of drug-likeness (QED) is 0.863. The number of nitrogens with one attached hydrogen (secondary N) is 1. The van der Waals surface area contributed by atoms with Crippen molar-refractivity contribution >= 4 is 28.3 Å². The zero-order valence-corrected chi connectivity index (χ0v) is 12.8. The summed E-state index contributed by atoms with van der Waals surface area (Å²) >= 11 is 1.43. The predicted octanol–water partition coefficient (Wildman–Crippen LogP) is 2.54. The van der Waals surface area contributed by atoms with E-state index in [0.29, 0.717) is 18.2 Å². The fourth-order valence-electron chi connectivity index (χ4n) is 1.29. The Labute approximate surface area is 117 Å². The van der Waals surface area contributed by atoms with E-state index in [1.165, 1.54) is 18.3 Å². The molecular formula is C13H20N2O3S. The second kappa shape index (κ2) is 6.14. The summed E-state index contributed by atoms with van der Waals surface area (Å²) in [6.07, 6.45) is 0.563. The maximum Gasteiger partial charge on any atom is 0.302 e. The van der Waals surface area contributed by atoms with Crippen LogP contribution in [0.4, 0.5) is 5.13 Å². The summed E-state index contributed by atoms with van der Waals surface area (Å²) < 4.78 is 4.88. The molecule has 1 amide bonds. The molecule has 1 rings (SSSR count). The van der Waals surface area contributed by atoms with Gasteiger partial charge in [0.1, 0.15) is 0 Å². The van der Waals surface area contributed by atoms with Crippen molar-refractivity contribution in [1.29, 1.82) is 0 Å². The molecule has 0 aliphatic rings. The van der Waals surface area contributed by atoms with Crippen LogP contribution in [-0.4, -0.2) is 23.5 Å². The molecular weight excluding hydrogens is 264 g/mol. The highest BCUT2D eigenvalue weighted by atomic mass is 32.1. The third-order valence-corrected chi connectivity index (χ3v) is 3.37. The number of hydrogen-bond acceptors (Lipinski definition) is 5. The molecule has 0 saturated carbocycles. The first-order chi connectivity index (χ1) is 8.70. The average molecular weight is 284 g/mol. The van der Waals surface area contributed by atoms with Crippen LogP contribution in [0.3, 0.4) is 0 Å².